The number of carbonyl (C=O) groups excluding carboxylic acids is 2. The third-order valence-electron chi connectivity index (χ3n) is 4.72. The van der Waals surface area contributed by atoms with E-state index in [1.165, 1.54) is 14.0 Å². The second-order valence-corrected chi connectivity index (χ2v) is 6.10. The predicted octanol–water partition coefficient (Wildman–Crippen LogP) is 1.85. The van der Waals surface area contributed by atoms with Gasteiger partial charge in [-0.15, -0.1) is 0 Å². The van der Waals surface area contributed by atoms with E-state index in [9.17, 15) is 14.9 Å². The van der Waals surface area contributed by atoms with Crippen LogP contribution >= 0.6 is 0 Å². The molecule has 7 nitrogen and oxygen atoms in total. The van der Waals surface area contributed by atoms with Gasteiger partial charge in [-0.2, -0.15) is 5.26 Å². The summed E-state index contributed by atoms with van der Waals surface area (Å²) in [5, 5.41) is 9.79. The number of esters is 1. The van der Waals surface area contributed by atoms with Gasteiger partial charge in [0.05, 0.1) is 7.11 Å². The zero-order valence-corrected chi connectivity index (χ0v) is 14.8. The van der Waals surface area contributed by atoms with Gasteiger partial charge in [-0.3, -0.25) is 4.79 Å². The standard InChI is InChI=1S/C19H19N3O4/c1-4-9-22-14-8-6-5-7-12(14)19(18(22)24)13(10-20)16(21)26-11(2)15(19)17(23)25-3/h5-8H,4,9,21H2,1-3H3/t19-/m0/s1. The van der Waals surface area contributed by atoms with Gasteiger partial charge in [0.2, 0.25) is 11.8 Å². The number of para-hydroxylation sites is 1. The van der Waals surface area contributed by atoms with E-state index in [-0.39, 0.29) is 22.8 Å². The third kappa shape index (κ3) is 2.05. The highest BCUT2D eigenvalue weighted by molar-refractivity contribution is 6.18. The summed E-state index contributed by atoms with van der Waals surface area (Å²) in [4.78, 5) is 27.8. The smallest absolute Gasteiger partial charge is 0.339 e. The van der Waals surface area contributed by atoms with Crippen molar-refractivity contribution in [1.82, 2.24) is 0 Å². The van der Waals surface area contributed by atoms with Crippen molar-refractivity contribution < 1.29 is 19.1 Å². The predicted molar refractivity (Wildman–Crippen MR) is 93.4 cm³/mol. The summed E-state index contributed by atoms with van der Waals surface area (Å²) < 4.78 is 10.3. The lowest BCUT2D eigenvalue weighted by Gasteiger charge is -2.34. The summed E-state index contributed by atoms with van der Waals surface area (Å²) in [5.41, 5.74) is 5.37. The van der Waals surface area contributed by atoms with Gasteiger partial charge in [0.15, 0.2) is 5.41 Å². The molecule has 0 saturated carbocycles. The maximum absolute atomic E-state index is 13.6. The summed E-state index contributed by atoms with van der Waals surface area (Å²) in [6.07, 6.45) is 0.712. The number of allylic oxidation sites excluding steroid dienone is 1. The van der Waals surface area contributed by atoms with Crippen molar-refractivity contribution in [2.45, 2.75) is 25.7 Å². The number of amides is 1. The number of carbonyl (C=O) groups is 2. The van der Waals surface area contributed by atoms with Gasteiger partial charge in [-0.05, 0) is 19.4 Å². The lowest BCUT2D eigenvalue weighted by Crippen LogP contribution is -2.48. The van der Waals surface area contributed by atoms with Gasteiger partial charge in [0.1, 0.15) is 23.0 Å². The van der Waals surface area contributed by atoms with Crippen LogP contribution in [0.25, 0.3) is 0 Å². The zero-order chi connectivity index (χ0) is 19.1. The third-order valence-corrected chi connectivity index (χ3v) is 4.72. The molecule has 0 unspecified atom stereocenters. The van der Waals surface area contributed by atoms with Gasteiger partial charge in [-0.25, -0.2) is 4.79 Å². The number of fused-ring (bicyclic) bond motifs is 2. The van der Waals surface area contributed by atoms with Crippen molar-refractivity contribution in [3.63, 3.8) is 0 Å². The molecule has 2 heterocycles. The first-order valence-electron chi connectivity index (χ1n) is 8.24. The number of nitrogens with zero attached hydrogens (tertiary/aromatic N) is 2. The van der Waals surface area contributed by atoms with Crippen molar-refractivity contribution in [2.75, 3.05) is 18.6 Å². The highest BCUT2D eigenvalue weighted by Crippen LogP contribution is 2.53. The minimum Gasteiger partial charge on any atom is -0.466 e. The number of anilines is 1. The van der Waals surface area contributed by atoms with E-state index in [4.69, 9.17) is 15.2 Å². The van der Waals surface area contributed by atoms with Gasteiger partial charge in [0, 0.05) is 17.8 Å². The van der Waals surface area contributed by atoms with Crippen molar-refractivity contribution in [1.29, 1.82) is 5.26 Å². The van der Waals surface area contributed by atoms with E-state index in [1.807, 2.05) is 13.0 Å². The van der Waals surface area contributed by atoms with Crippen LogP contribution in [-0.2, 0) is 24.5 Å². The van der Waals surface area contributed by atoms with Crippen LogP contribution in [0, 0.1) is 11.3 Å². The van der Waals surface area contributed by atoms with Crippen LogP contribution in [0.5, 0.6) is 0 Å². The highest BCUT2D eigenvalue weighted by Gasteiger charge is 2.61. The molecule has 134 valence electrons. The summed E-state index contributed by atoms with van der Waals surface area (Å²) in [6, 6.07) is 9.08. The Morgan fingerprint density at radius 1 is 1.42 bits per heavy atom. The Hall–Kier alpha value is -3.27. The number of benzene rings is 1. The molecular formula is C19H19N3O4. The number of nitrogens with two attached hydrogens (primary N) is 1. The molecule has 0 fully saturated rings. The number of ether oxygens (including phenoxy) is 2. The van der Waals surface area contributed by atoms with Crippen LogP contribution in [0.3, 0.4) is 0 Å². The van der Waals surface area contributed by atoms with E-state index < -0.39 is 17.3 Å². The Kier molecular flexibility index (Phi) is 4.20. The van der Waals surface area contributed by atoms with E-state index in [2.05, 4.69) is 0 Å². The molecule has 7 heteroatoms. The number of nitriles is 1. The van der Waals surface area contributed by atoms with Crippen LogP contribution in [0.4, 0.5) is 5.69 Å². The molecule has 1 aromatic rings. The fraction of sp³-hybridized carbons (Fsp3) is 0.316. The fourth-order valence-electron chi connectivity index (χ4n) is 3.76. The van der Waals surface area contributed by atoms with Gasteiger partial charge >= 0.3 is 5.97 Å². The Morgan fingerprint density at radius 3 is 2.73 bits per heavy atom. The Balaban J connectivity index is 2.44. The number of hydrogen-bond acceptors (Lipinski definition) is 6. The van der Waals surface area contributed by atoms with E-state index in [0.29, 0.717) is 24.2 Å². The zero-order valence-electron chi connectivity index (χ0n) is 14.8. The molecule has 0 saturated heterocycles. The molecule has 1 aromatic carbocycles. The summed E-state index contributed by atoms with van der Waals surface area (Å²) in [5.74, 6) is -1.17. The molecule has 1 amide bonds. The number of methoxy groups -OCH3 is 1. The summed E-state index contributed by atoms with van der Waals surface area (Å²) in [7, 11) is 1.22. The molecule has 0 bridgehead atoms. The first-order valence-corrected chi connectivity index (χ1v) is 8.24. The maximum Gasteiger partial charge on any atom is 0.339 e. The van der Waals surface area contributed by atoms with Crippen LogP contribution in [-0.4, -0.2) is 25.5 Å². The Bertz CT molecular complexity index is 910. The lowest BCUT2D eigenvalue weighted by molar-refractivity contribution is -0.138. The van der Waals surface area contributed by atoms with Crippen molar-refractivity contribution >= 4 is 17.6 Å². The topological polar surface area (TPSA) is 106 Å². The Morgan fingerprint density at radius 2 is 2.12 bits per heavy atom. The van der Waals surface area contributed by atoms with Crippen molar-refractivity contribution in [3.8, 4) is 6.07 Å². The van der Waals surface area contributed by atoms with Crippen molar-refractivity contribution in [2.24, 2.45) is 5.73 Å². The van der Waals surface area contributed by atoms with E-state index in [1.54, 1.807) is 29.2 Å². The molecule has 26 heavy (non-hydrogen) atoms. The first kappa shape index (κ1) is 17.5. The largest absolute Gasteiger partial charge is 0.466 e. The van der Waals surface area contributed by atoms with E-state index in [0.717, 1.165) is 0 Å². The molecule has 2 N–H and O–H groups in total. The molecule has 0 aromatic heterocycles. The van der Waals surface area contributed by atoms with Crippen LogP contribution in [0.15, 0.2) is 47.1 Å². The SMILES string of the molecule is CCCN1C(=O)[C@]2(C(C#N)=C(N)OC(C)=C2C(=O)OC)c2ccccc21. The molecule has 2 aliphatic rings. The van der Waals surface area contributed by atoms with Gasteiger partial charge < -0.3 is 20.1 Å². The molecule has 3 rings (SSSR count). The molecule has 1 spiro atoms. The number of rotatable bonds is 3. The molecular weight excluding hydrogens is 334 g/mol. The summed E-state index contributed by atoms with van der Waals surface area (Å²) in [6.45, 7) is 3.93. The average Bonchev–Trinajstić information content (AvgIpc) is 2.86. The fourth-order valence-corrected chi connectivity index (χ4v) is 3.76. The second kappa shape index (κ2) is 6.23. The van der Waals surface area contributed by atoms with Crippen LogP contribution in [0.2, 0.25) is 0 Å². The second-order valence-electron chi connectivity index (χ2n) is 6.10. The van der Waals surface area contributed by atoms with E-state index >= 15 is 0 Å². The monoisotopic (exact) mass is 353 g/mol. The van der Waals surface area contributed by atoms with Gasteiger partial charge in [-0.1, -0.05) is 25.1 Å². The first-order chi connectivity index (χ1) is 12.4. The van der Waals surface area contributed by atoms with Crippen LogP contribution < -0.4 is 10.6 Å². The normalized spacial score (nSPS) is 21.6. The minimum absolute atomic E-state index is 0.0122. The molecule has 0 radical (unpaired) electrons. The lowest BCUT2D eigenvalue weighted by atomic mass is 9.68. The number of hydrogen-bond donors (Lipinski definition) is 1. The molecule has 0 aliphatic carbocycles. The Labute approximate surface area is 151 Å². The van der Waals surface area contributed by atoms with Crippen LogP contribution in [0.1, 0.15) is 25.8 Å². The maximum atomic E-state index is 13.6. The van der Waals surface area contributed by atoms with Gasteiger partial charge in [0.25, 0.3) is 0 Å². The minimum atomic E-state index is -1.65. The summed E-state index contributed by atoms with van der Waals surface area (Å²) >= 11 is 0. The highest BCUT2D eigenvalue weighted by atomic mass is 16.5. The molecule has 2 aliphatic heterocycles. The molecule has 1 atom stereocenters. The van der Waals surface area contributed by atoms with Crippen molar-refractivity contribution in [3.05, 3.63) is 52.6 Å². The quantitative estimate of drug-likeness (QED) is 0.831. The average molecular weight is 353 g/mol.